The van der Waals surface area contributed by atoms with Crippen LogP contribution in [-0.4, -0.2) is 18.9 Å². The molecular weight excluding hydrogens is 531 g/mol. The van der Waals surface area contributed by atoms with Gasteiger partial charge >= 0.3 is 192 Å². The van der Waals surface area contributed by atoms with Gasteiger partial charge in [0.1, 0.15) is 0 Å². The van der Waals surface area contributed by atoms with Crippen molar-refractivity contribution in [3.8, 4) is 0 Å². The van der Waals surface area contributed by atoms with Crippen molar-refractivity contribution < 1.29 is 0 Å². The first-order valence-corrected chi connectivity index (χ1v) is 15.9. The summed E-state index contributed by atoms with van der Waals surface area (Å²) in [5, 5.41) is 0. The predicted molar refractivity (Wildman–Crippen MR) is 193 cm³/mol. The molecule has 4 aromatic carbocycles. The van der Waals surface area contributed by atoms with Gasteiger partial charge in [-0.3, -0.25) is 0 Å². The van der Waals surface area contributed by atoms with E-state index in [0.717, 1.165) is 12.8 Å². The zero-order valence-electron chi connectivity index (χ0n) is 27.0. The fourth-order valence-corrected chi connectivity index (χ4v) is 6.71. The van der Waals surface area contributed by atoms with Crippen LogP contribution in [0.3, 0.4) is 0 Å². The summed E-state index contributed by atoms with van der Waals surface area (Å²) in [6.45, 7) is 15.6. The molecule has 2 nitrogen and oxygen atoms in total. The van der Waals surface area contributed by atoms with E-state index in [1.807, 2.05) is 0 Å². The number of hydrogen-bond donors (Lipinski definition) is 0. The number of aryl methyl sites for hydroxylation is 4. The van der Waals surface area contributed by atoms with Gasteiger partial charge < -0.3 is 0 Å². The molecule has 2 atom stereocenters. The predicted octanol–water partition coefficient (Wildman–Crippen LogP) is 10.4. The summed E-state index contributed by atoms with van der Waals surface area (Å²) in [5.74, 6) is 2.83. The first-order chi connectivity index (χ1) is 21.3. The van der Waals surface area contributed by atoms with E-state index in [0.29, 0.717) is 5.92 Å². The molecule has 220 valence electrons. The molecule has 0 fully saturated rings. The topological polar surface area (TPSA) is 6.48 Å². The van der Waals surface area contributed by atoms with Crippen LogP contribution in [0.1, 0.15) is 54.5 Å². The van der Waals surface area contributed by atoms with Crippen molar-refractivity contribution in [3.63, 3.8) is 0 Å². The molecule has 0 aromatic heterocycles. The van der Waals surface area contributed by atoms with Crippen molar-refractivity contribution in [1.29, 1.82) is 0 Å². The van der Waals surface area contributed by atoms with Gasteiger partial charge in [0, 0.05) is 0 Å². The third-order valence-electron chi connectivity index (χ3n) is 8.85. The molecule has 0 spiro atoms. The van der Waals surface area contributed by atoms with Gasteiger partial charge in [-0.05, 0) is 49.2 Å². The molecule has 0 radical (unpaired) electrons. The molecule has 1 heterocycles. The van der Waals surface area contributed by atoms with Crippen LogP contribution < -0.4 is 9.80 Å². The van der Waals surface area contributed by atoms with Crippen LogP contribution in [0.2, 0.25) is 0 Å². The quantitative estimate of drug-likeness (QED) is 0.203. The van der Waals surface area contributed by atoms with Crippen LogP contribution in [0.25, 0.3) is 5.57 Å². The Hall–Kier alpha value is -4.37. The third-order valence-corrected chi connectivity index (χ3v) is 8.85. The van der Waals surface area contributed by atoms with E-state index in [-0.39, 0.29) is 6.04 Å². The van der Waals surface area contributed by atoms with Crippen LogP contribution in [0.4, 0.5) is 22.7 Å². The molecule has 0 saturated carbocycles. The van der Waals surface area contributed by atoms with Crippen molar-refractivity contribution in [3.05, 3.63) is 148 Å². The third kappa shape index (κ3) is 6.29. The summed E-state index contributed by atoms with van der Waals surface area (Å²) < 4.78 is 0. The summed E-state index contributed by atoms with van der Waals surface area (Å²) in [5.41, 5.74) is 15.2. The van der Waals surface area contributed by atoms with E-state index >= 15 is 0 Å². The van der Waals surface area contributed by atoms with Crippen molar-refractivity contribution in [2.75, 3.05) is 9.80 Å². The minimum atomic E-state index is 0.241. The van der Waals surface area contributed by atoms with Crippen LogP contribution in [0.5, 0.6) is 0 Å². The van der Waals surface area contributed by atoms with Crippen molar-refractivity contribution in [2.24, 2.45) is 5.92 Å². The molecule has 44 heavy (non-hydrogen) atoms. The molecule has 0 saturated heterocycles. The fraction of sp³-hybridized carbons (Fsp3) is 0.244. The molecule has 6 rings (SSSR count). The number of benzene rings is 4. The van der Waals surface area contributed by atoms with Crippen LogP contribution in [0.15, 0.2) is 120 Å². The van der Waals surface area contributed by atoms with Crippen molar-refractivity contribution >= 4 is 41.2 Å². The van der Waals surface area contributed by atoms with Crippen molar-refractivity contribution in [2.45, 2.75) is 60.4 Å². The van der Waals surface area contributed by atoms with E-state index in [4.69, 9.17) is 0 Å². The molecule has 3 heteroatoms. The van der Waals surface area contributed by atoms with Crippen LogP contribution in [-0.2, 0) is 0 Å². The normalized spacial score (nSPS) is 17.7. The Bertz CT molecular complexity index is 1760. The van der Waals surface area contributed by atoms with Gasteiger partial charge in [-0.1, -0.05) is 24.3 Å². The van der Waals surface area contributed by atoms with Crippen LogP contribution >= 0.6 is 0 Å². The van der Waals surface area contributed by atoms with E-state index in [1.54, 1.807) is 0 Å². The summed E-state index contributed by atoms with van der Waals surface area (Å²) in [6, 6.07) is 33.8. The molecule has 4 aromatic rings. The molecular formula is C41H43BN2. The number of anilines is 4. The van der Waals surface area contributed by atoms with Gasteiger partial charge in [0.05, 0.1) is 0 Å². The molecule has 2 aliphatic rings. The first-order valence-electron chi connectivity index (χ1n) is 15.9. The minimum absolute atomic E-state index is 0.241. The molecule has 0 bridgehead atoms. The van der Waals surface area contributed by atoms with Gasteiger partial charge in [0.25, 0.3) is 0 Å². The number of allylic oxidation sites excluding steroid dienone is 3. The zero-order valence-corrected chi connectivity index (χ0v) is 27.0. The number of hydrogen-bond acceptors (Lipinski definition) is 2. The maximum atomic E-state index is 2.50. The van der Waals surface area contributed by atoms with Crippen molar-refractivity contribution in [1.82, 2.24) is 0 Å². The molecule has 0 N–H and O–H groups in total. The Morgan fingerprint density at radius 3 is 1.80 bits per heavy atom. The summed E-state index contributed by atoms with van der Waals surface area (Å²) in [7, 11) is 0. The summed E-state index contributed by atoms with van der Waals surface area (Å²) in [6.07, 6.45) is 9.35. The van der Waals surface area contributed by atoms with Gasteiger partial charge in [-0.15, -0.1) is 0 Å². The standard InChI is InChI=1S/C41H43BN2/c1-28-10-7-13-34(22-28)43(35-14-8-11-29(2)23-35)37-16-18-39(32(5)26-37)40-19-17-38(27-33(40)6)44(36-15-9-12-30(3)24-36)41-25-31(4)20-21-42-41/h7-15,17-19,21-27,31,37H,16,20H2,1-6H3. The average molecular weight is 575 g/mol. The maximum absolute atomic E-state index is 2.50. The second-order valence-electron chi connectivity index (χ2n) is 12.7. The van der Waals surface area contributed by atoms with E-state index in [9.17, 15) is 0 Å². The Labute approximate surface area is 265 Å². The molecule has 1 aliphatic carbocycles. The van der Waals surface area contributed by atoms with Gasteiger partial charge in [-0.25, -0.2) is 0 Å². The second kappa shape index (κ2) is 12.7. The summed E-state index contributed by atoms with van der Waals surface area (Å²) in [4.78, 5) is 4.91. The van der Waals surface area contributed by atoms with Gasteiger partial charge in [-0.2, -0.15) is 0 Å². The molecule has 2 unspecified atom stereocenters. The second-order valence-corrected chi connectivity index (χ2v) is 12.7. The van der Waals surface area contributed by atoms with E-state index < -0.39 is 0 Å². The zero-order chi connectivity index (χ0) is 30.8. The summed E-state index contributed by atoms with van der Waals surface area (Å²) >= 11 is 0. The SMILES string of the molecule is CC1=CC(N(c2cccc(C)c2)c2cccc(C)c2)CC=C1c1ccc(N(C2=CC(C)CC=B2)c2cccc(C)c2)cc1C. The Morgan fingerprint density at radius 2 is 1.23 bits per heavy atom. The Balaban J connectivity index is 1.33. The van der Waals surface area contributed by atoms with E-state index in [1.165, 1.54) is 67.3 Å². The van der Waals surface area contributed by atoms with Gasteiger partial charge in [0.2, 0.25) is 0 Å². The average Bonchev–Trinajstić information content (AvgIpc) is 2.98. The fourth-order valence-electron chi connectivity index (χ4n) is 6.71. The van der Waals surface area contributed by atoms with Gasteiger partial charge in [0.15, 0.2) is 0 Å². The van der Waals surface area contributed by atoms with Crippen LogP contribution in [0, 0.1) is 33.6 Å². The molecule has 0 amide bonds. The first kappa shape index (κ1) is 29.7. The Kier molecular flexibility index (Phi) is 8.57. The number of rotatable bonds is 7. The monoisotopic (exact) mass is 574 g/mol. The van der Waals surface area contributed by atoms with E-state index in [2.05, 4.69) is 173 Å². The Morgan fingerprint density at radius 1 is 0.636 bits per heavy atom. The molecule has 1 aliphatic heterocycles. The number of nitrogens with zero attached hydrogens (tertiary/aromatic N) is 2.